The zero-order valence-electron chi connectivity index (χ0n) is 9.34. The van der Waals surface area contributed by atoms with Crippen LogP contribution in [0.4, 0.5) is 0 Å². The maximum absolute atomic E-state index is 9.53. The first kappa shape index (κ1) is 13.8. The molecule has 5 atom stereocenters. The molecule has 4 heteroatoms. The van der Waals surface area contributed by atoms with Crippen molar-refractivity contribution in [1.29, 1.82) is 0 Å². The Morgan fingerprint density at radius 3 is 2.00 bits per heavy atom. The number of rotatable bonds is 1. The Labute approximate surface area is 85.5 Å². The van der Waals surface area contributed by atoms with Crippen LogP contribution in [0.15, 0.2) is 0 Å². The Morgan fingerprint density at radius 1 is 1.07 bits per heavy atom. The molecule has 1 saturated heterocycles. The van der Waals surface area contributed by atoms with Gasteiger partial charge in [-0.1, -0.05) is 27.7 Å². The maximum Gasteiger partial charge on any atom is 0.181 e. The molecule has 0 amide bonds. The monoisotopic (exact) mass is 206 g/mol. The Hall–Kier alpha value is -0.160. The molecule has 0 aromatic carbocycles. The molecule has 0 saturated carbocycles. The Morgan fingerprint density at radius 2 is 1.57 bits per heavy atom. The standard InChI is InChI=1S/C8H16O4.C2H6/c1-3-5-6(9)4(2)7(10)8(11)12-5;1-2/h4-11H,3H2,1-2H3;1-2H3/t4?,5-,6?,7?,8?;/m0./s1. The third-order valence-corrected chi connectivity index (χ3v) is 2.47. The molecular weight excluding hydrogens is 184 g/mol. The SMILES string of the molecule is CC.CC[C@@H]1OC(O)C(O)C(C)C1O. The van der Waals surface area contributed by atoms with Crippen molar-refractivity contribution in [3.63, 3.8) is 0 Å². The van der Waals surface area contributed by atoms with Gasteiger partial charge in [-0.25, -0.2) is 0 Å². The fourth-order valence-corrected chi connectivity index (χ4v) is 1.48. The van der Waals surface area contributed by atoms with E-state index >= 15 is 0 Å². The summed E-state index contributed by atoms with van der Waals surface area (Å²) in [5, 5.41) is 28.0. The Balaban J connectivity index is 0.000000791. The van der Waals surface area contributed by atoms with Crippen molar-refractivity contribution in [1.82, 2.24) is 0 Å². The summed E-state index contributed by atoms with van der Waals surface area (Å²) in [7, 11) is 0. The van der Waals surface area contributed by atoms with Gasteiger partial charge in [0, 0.05) is 5.92 Å². The molecule has 1 fully saturated rings. The second kappa shape index (κ2) is 6.35. The van der Waals surface area contributed by atoms with Gasteiger partial charge in [0.2, 0.25) is 0 Å². The minimum Gasteiger partial charge on any atom is -0.390 e. The van der Waals surface area contributed by atoms with Crippen molar-refractivity contribution < 1.29 is 20.1 Å². The fourth-order valence-electron chi connectivity index (χ4n) is 1.48. The van der Waals surface area contributed by atoms with E-state index < -0.39 is 18.5 Å². The number of ether oxygens (including phenoxy) is 1. The first-order chi connectivity index (χ1) is 6.57. The van der Waals surface area contributed by atoms with Crippen LogP contribution in [-0.2, 0) is 4.74 Å². The van der Waals surface area contributed by atoms with Gasteiger partial charge in [-0.2, -0.15) is 0 Å². The molecule has 3 N–H and O–H groups in total. The van der Waals surface area contributed by atoms with Gasteiger partial charge in [0.15, 0.2) is 6.29 Å². The summed E-state index contributed by atoms with van der Waals surface area (Å²) in [6.45, 7) is 7.56. The molecule has 1 rings (SSSR count). The molecule has 86 valence electrons. The minimum absolute atomic E-state index is 0.335. The molecule has 4 unspecified atom stereocenters. The highest BCUT2D eigenvalue weighted by Crippen LogP contribution is 2.25. The van der Waals surface area contributed by atoms with E-state index in [0.717, 1.165) is 0 Å². The third-order valence-electron chi connectivity index (χ3n) is 2.47. The van der Waals surface area contributed by atoms with Gasteiger partial charge in [-0.15, -0.1) is 0 Å². The van der Waals surface area contributed by atoms with E-state index in [2.05, 4.69) is 0 Å². The molecule has 14 heavy (non-hydrogen) atoms. The molecule has 1 aliphatic rings. The second-order valence-electron chi connectivity index (χ2n) is 3.31. The summed E-state index contributed by atoms with van der Waals surface area (Å²) < 4.78 is 4.99. The smallest absolute Gasteiger partial charge is 0.181 e. The van der Waals surface area contributed by atoms with Gasteiger partial charge in [0.25, 0.3) is 0 Å². The second-order valence-corrected chi connectivity index (χ2v) is 3.31. The van der Waals surface area contributed by atoms with Crippen LogP contribution in [0.1, 0.15) is 34.1 Å². The number of aliphatic hydroxyl groups is 3. The molecule has 0 aliphatic carbocycles. The highest BCUT2D eigenvalue weighted by atomic mass is 16.6. The molecular formula is C10H22O4. The lowest BCUT2D eigenvalue weighted by molar-refractivity contribution is -0.265. The maximum atomic E-state index is 9.53. The van der Waals surface area contributed by atoms with E-state index in [1.807, 2.05) is 20.8 Å². The zero-order chi connectivity index (χ0) is 11.3. The van der Waals surface area contributed by atoms with Crippen molar-refractivity contribution >= 4 is 0 Å². The summed E-state index contributed by atoms with van der Waals surface area (Å²) >= 11 is 0. The molecule has 0 aromatic rings. The van der Waals surface area contributed by atoms with E-state index in [1.54, 1.807) is 6.92 Å². The lowest BCUT2D eigenvalue weighted by Gasteiger charge is -2.39. The van der Waals surface area contributed by atoms with Gasteiger partial charge >= 0.3 is 0 Å². The summed E-state index contributed by atoms with van der Waals surface area (Å²) in [4.78, 5) is 0. The molecule has 0 bridgehead atoms. The summed E-state index contributed by atoms with van der Waals surface area (Å²) in [6, 6.07) is 0. The average molecular weight is 206 g/mol. The lowest BCUT2D eigenvalue weighted by atomic mass is 9.90. The summed E-state index contributed by atoms with van der Waals surface area (Å²) in [5.74, 6) is -0.335. The van der Waals surface area contributed by atoms with Crippen LogP contribution < -0.4 is 0 Å². The van der Waals surface area contributed by atoms with Crippen LogP contribution in [0.3, 0.4) is 0 Å². The normalized spacial score (nSPS) is 42.6. The quantitative estimate of drug-likeness (QED) is 0.584. The van der Waals surface area contributed by atoms with E-state index in [4.69, 9.17) is 4.74 Å². The third kappa shape index (κ3) is 2.92. The van der Waals surface area contributed by atoms with Gasteiger partial charge in [0.1, 0.15) is 6.10 Å². The largest absolute Gasteiger partial charge is 0.390 e. The van der Waals surface area contributed by atoms with E-state index in [9.17, 15) is 15.3 Å². The molecule has 0 aromatic heterocycles. The van der Waals surface area contributed by atoms with Gasteiger partial charge < -0.3 is 20.1 Å². The summed E-state index contributed by atoms with van der Waals surface area (Å²) in [5.41, 5.74) is 0. The predicted molar refractivity (Wildman–Crippen MR) is 53.7 cm³/mol. The minimum atomic E-state index is -1.16. The molecule has 4 nitrogen and oxygen atoms in total. The van der Waals surface area contributed by atoms with Crippen LogP contribution in [0.5, 0.6) is 0 Å². The van der Waals surface area contributed by atoms with Crippen LogP contribution in [0.25, 0.3) is 0 Å². The van der Waals surface area contributed by atoms with Crippen LogP contribution >= 0.6 is 0 Å². The van der Waals surface area contributed by atoms with E-state index in [0.29, 0.717) is 6.42 Å². The number of aliphatic hydroxyl groups excluding tert-OH is 3. The van der Waals surface area contributed by atoms with Crippen molar-refractivity contribution in [2.75, 3.05) is 0 Å². The van der Waals surface area contributed by atoms with Crippen molar-refractivity contribution in [2.45, 2.75) is 58.7 Å². The van der Waals surface area contributed by atoms with Crippen LogP contribution in [-0.4, -0.2) is 39.9 Å². The first-order valence-electron chi connectivity index (χ1n) is 5.27. The van der Waals surface area contributed by atoms with Gasteiger partial charge in [-0.05, 0) is 6.42 Å². The fraction of sp³-hybridized carbons (Fsp3) is 1.00. The molecule has 1 heterocycles. The van der Waals surface area contributed by atoms with Crippen molar-refractivity contribution in [2.24, 2.45) is 5.92 Å². The van der Waals surface area contributed by atoms with Gasteiger partial charge in [-0.3, -0.25) is 0 Å². The zero-order valence-corrected chi connectivity index (χ0v) is 9.34. The first-order valence-corrected chi connectivity index (χ1v) is 5.27. The molecule has 0 spiro atoms. The molecule has 1 aliphatic heterocycles. The van der Waals surface area contributed by atoms with Crippen LogP contribution in [0, 0.1) is 5.92 Å². The summed E-state index contributed by atoms with van der Waals surface area (Å²) in [6.07, 6.45) is -2.56. The number of hydrogen-bond donors (Lipinski definition) is 3. The van der Waals surface area contributed by atoms with Crippen molar-refractivity contribution in [3.8, 4) is 0 Å². The lowest BCUT2D eigenvalue weighted by Crippen LogP contribution is -2.52. The average Bonchev–Trinajstić information content (AvgIpc) is 2.23. The molecule has 0 radical (unpaired) electrons. The van der Waals surface area contributed by atoms with Crippen LogP contribution in [0.2, 0.25) is 0 Å². The van der Waals surface area contributed by atoms with Gasteiger partial charge in [0.05, 0.1) is 12.2 Å². The Bertz CT molecular complexity index is 146. The Kier molecular flexibility index (Phi) is 6.27. The predicted octanol–water partition coefficient (Wildman–Crippen LogP) is 0.498. The number of hydrogen-bond acceptors (Lipinski definition) is 4. The highest BCUT2D eigenvalue weighted by Gasteiger charge is 2.40. The van der Waals surface area contributed by atoms with E-state index in [-0.39, 0.29) is 12.0 Å². The van der Waals surface area contributed by atoms with Crippen molar-refractivity contribution in [3.05, 3.63) is 0 Å². The van der Waals surface area contributed by atoms with E-state index in [1.165, 1.54) is 0 Å². The highest BCUT2D eigenvalue weighted by molar-refractivity contribution is 4.85. The topological polar surface area (TPSA) is 69.9 Å².